The van der Waals surface area contributed by atoms with Crippen LogP contribution in [0.25, 0.3) is 0 Å². The van der Waals surface area contributed by atoms with Crippen LogP contribution in [0, 0.1) is 0 Å². The molecule has 1 N–H and O–H groups in total. The Kier molecular flexibility index (Phi) is 4.82. The van der Waals surface area contributed by atoms with E-state index in [4.69, 9.17) is 14.6 Å². The number of aryl methyl sites for hydroxylation is 2. The fourth-order valence-corrected chi connectivity index (χ4v) is 2.22. The summed E-state index contributed by atoms with van der Waals surface area (Å²) in [6.07, 6.45) is 1.49. The van der Waals surface area contributed by atoms with E-state index in [2.05, 4.69) is 0 Å². The van der Waals surface area contributed by atoms with Gasteiger partial charge in [-0.1, -0.05) is 12.1 Å². The summed E-state index contributed by atoms with van der Waals surface area (Å²) in [5.41, 5.74) is 2.34. The molecule has 0 aromatic heterocycles. The number of carbonyl (C=O) groups is 1. The van der Waals surface area contributed by atoms with Crippen molar-refractivity contribution >= 4 is 5.97 Å². The van der Waals surface area contributed by atoms with Crippen molar-refractivity contribution in [2.45, 2.75) is 12.8 Å². The van der Waals surface area contributed by atoms with Crippen LogP contribution >= 0.6 is 0 Å². The van der Waals surface area contributed by atoms with Gasteiger partial charge in [0.1, 0.15) is 11.5 Å². The highest BCUT2D eigenvalue weighted by Gasteiger charge is 2.07. The number of hydrogen-bond acceptors (Lipinski definition) is 3. The quantitative estimate of drug-likeness (QED) is 0.886. The molecule has 0 saturated carbocycles. The molecule has 0 aliphatic rings. The summed E-state index contributed by atoms with van der Waals surface area (Å²) >= 11 is 0. The van der Waals surface area contributed by atoms with Crippen LogP contribution < -0.4 is 9.47 Å². The molecule has 0 fully saturated rings. The summed E-state index contributed by atoms with van der Waals surface area (Å²) in [4.78, 5) is 11.0. The molecule has 0 saturated heterocycles. The Bertz CT molecular complexity index is 634. The van der Waals surface area contributed by atoms with Gasteiger partial charge in [-0.3, -0.25) is 0 Å². The Morgan fingerprint density at radius 3 is 2.52 bits per heavy atom. The summed E-state index contributed by atoms with van der Waals surface area (Å²) in [5.74, 6) is 0.686. The molecule has 0 unspecified atom stereocenters. The molecule has 0 spiro atoms. The Labute approximate surface area is 123 Å². The lowest BCUT2D eigenvalue weighted by atomic mass is 10.0. The van der Waals surface area contributed by atoms with E-state index in [1.807, 2.05) is 24.3 Å². The topological polar surface area (TPSA) is 55.8 Å². The molecular formula is C17H18O4. The highest BCUT2D eigenvalue weighted by molar-refractivity contribution is 5.87. The van der Waals surface area contributed by atoms with Crippen molar-refractivity contribution in [2.24, 2.45) is 0 Å². The summed E-state index contributed by atoms with van der Waals surface area (Å²) in [5, 5.41) is 9.01. The molecule has 0 aliphatic carbocycles. The number of benzene rings is 2. The summed E-state index contributed by atoms with van der Waals surface area (Å²) in [6, 6.07) is 12.7. The monoisotopic (exact) mass is 286 g/mol. The summed E-state index contributed by atoms with van der Waals surface area (Å²) < 4.78 is 10.6. The third kappa shape index (κ3) is 3.75. The SMILES string of the molecule is COc1ccc(OC)c(CCc2cccc(C(=O)O)c2)c1. The first-order valence-corrected chi connectivity index (χ1v) is 6.67. The smallest absolute Gasteiger partial charge is 0.335 e. The molecule has 4 heteroatoms. The molecule has 2 rings (SSSR count). The molecule has 0 radical (unpaired) electrons. The predicted octanol–water partition coefficient (Wildman–Crippen LogP) is 3.19. The van der Waals surface area contributed by atoms with E-state index in [1.165, 1.54) is 0 Å². The average molecular weight is 286 g/mol. The predicted molar refractivity (Wildman–Crippen MR) is 80.4 cm³/mol. The first-order valence-electron chi connectivity index (χ1n) is 6.67. The molecule has 0 aliphatic heterocycles. The third-order valence-electron chi connectivity index (χ3n) is 3.34. The van der Waals surface area contributed by atoms with Crippen LogP contribution in [-0.2, 0) is 12.8 Å². The van der Waals surface area contributed by atoms with Crippen molar-refractivity contribution in [2.75, 3.05) is 14.2 Å². The van der Waals surface area contributed by atoms with Crippen LogP contribution in [-0.4, -0.2) is 25.3 Å². The van der Waals surface area contributed by atoms with E-state index in [9.17, 15) is 4.79 Å². The van der Waals surface area contributed by atoms with Crippen molar-refractivity contribution in [3.8, 4) is 11.5 Å². The molecule has 2 aromatic rings. The summed E-state index contributed by atoms with van der Waals surface area (Å²) in [7, 11) is 3.26. The van der Waals surface area contributed by atoms with Crippen LogP contribution in [0.4, 0.5) is 0 Å². The zero-order valence-electron chi connectivity index (χ0n) is 12.1. The zero-order chi connectivity index (χ0) is 15.2. The van der Waals surface area contributed by atoms with Gasteiger partial charge in [0.25, 0.3) is 0 Å². The van der Waals surface area contributed by atoms with Crippen LogP contribution in [0.2, 0.25) is 0 Å². The molecule has 4 nitrogen and oxygen atoms in total. The lowest BCUT2D eigenvalue weighted by Crippen LogP contribution is -2.00. The van der Waals surface area contributed by atoms with E-state index in [0.717, 1.165) is 35.5 Å². The van der Waals surface area contributed by atoms with Crippen LogP contribution in [0.3, 0.4) is 0 Å². The van der Waals surface area contributed by atoms with Gasteiger partial charge in [0.05, 0.1) is 19.8 Å². The first-order chi connectivity index (χ1) is 10.1. The third-order valence-corrected chi connectivity index (χ3v) is 3.34. The minimum atomic E-state index is -0.907. The van der Waals surface area contributed by atoms with Crippen molar-refractivity contribution in [3.05, 3.63) is 59.2 Å². The molecular weight excluding hydrogens is 268 g/mol. The minimum Gasteiger partial charge on any atom is -0.497 e. The highest BCUT2D eigenvalue weighted by atomic mass is 16.5. The molecule has 0 heterocycles. The minimum absolute atomic E-state index is 0.310. The highest BCUT2D eigenvalue weighted by Crippen LogP contribution is 2.25. The number of hydrogen-bond donors (Lipinski definition) is 1. The van der Waals surface area contributed by atoms with Crippen molar-refractivity contribution in [3.63, 3.8) is 0 Å². The Balaban J connectivity index is 2.15. The average Bonchev–Trinajstić information content (AvgIpc) is 2.52. The fraction of sp³-hybridized carbons (Fsp3) is 0.235. The number of carboxylic acid groups (broad SMARTS) is 1. The lowest BCUT2D eigenvalue weighted by Gasteiger charge is -2.10. The Hall–Kier alpha value is -2.49. The molecule has 2 aromatic carbocycles. The molecule has 0 bridgehead atoms. The van der Waals surface area contributed by atoms with E-state index in [1.54, 1.807) is 32.4 Å². The molecule has 110 valence electrons. The second-order valence-electron chi connectivity index (χ2n) is 4.68. The fourth-order valence-electron chi connectivity index (χ4n) is 2.22. The van der Waals surface area contributed by atoms with Crippen molar-refractivity contribution in [1.82, 2.24) is 0 Å². The number of carboxylic acids is 1. The number of methoxy groups -OCH3 is 2. The van der Waals surface area contributed by atoms with Gasteiger partial charge in [-0.25, -0.2) is 4.79 Å². The second kappa shape index (κ2) is 6.79. The van der Waals surface area contributed by atoms with E-state index < -0.39 is 5.97 Å². The number of ether oxygens (including phenoxy) is 2. The van der Waals surface area contributed by atoms with Crippen LogP contribution in [0.5, 0.6) is 11.5 Å². The van der Waals surface area contributed by atoms with E-state index in [0.29, 0.717) is 5.56 Å². The van der Waals surface area contributed by atoms with Gasteiger partial charge in [0.2, 0.25) is 0 Å². The van der Waals surface area contributed by atoms with Gasteiger partial charge in [-0.05, 0) is 54.3 Å². The standard InChI is InChI=1S/C17H18O4/c1-20-15-8-9-16(21-2)13(11-15)7-6-12-4-3-5-14(10-12)17(18)19/h3-5,8-11H,6-7H2,1-2H3,(H,18,19). The molecule has 21 heavy (non-hydrogen) atoms. The van der Waals surface area contributed by atoms with Gasteiger partial charge < -0.3 is 14.6 Å². The number of aromatic carboxylic acids is 1. The second-order valence-corrected chi connectivity index (χ2v) is 4.68. The van der Waals surface area contributed by atoms with Crippen molar-refractivity contribution in [1.29, 1.82) is 0 Å². The normalized spacial score (nSPS) is 10.2. The Morgan fingerprint density at radius 1 is 1.05 bits per heavy atom. The Morgan fingerprint density at radius 2 is 1.86 bits per heavy atom. The lowest BCUT2D eigenvalue weighted by molar-refractivity contribution is 0.0696. The number of rotatable bonds is 6. The van der Waals surface area contributed by atoms with Crippen molar-refractivity contribution < 1.29 is 19.4 Å². The van der Waals surface area contributed by atoms with E-state index in [-0.39, 0.29) is 0 Å². The van der Waals surface area contributed by atoms with Crippen LogP contribution in [0.15, 0.2) is 42.5 Å². The largest absolute Gasteiger partial charge is 0.497 e. The van der Waals surface area contributed by atoms with Gasteiger partial charge in [-0.2, -0.15) is 0 Å². The molecule has 0 amide bonds. The van der Waals surface area contributed by atoms with Crippen LogP contribution in [0.1, 0.15) is 21.5 Å². The maximum atomic E-state index is 11.0. The van der Waals surface area contributed by atoms with Gasteiger partial charge >= 0.3 is 5.97 Å². The van der Waals surface area contributed by atoms with Gasteiger partial charge in [0, 0.05) is 0 Å². The van der Waals surface area contributed by atoms with Gasteiger partial charge in [0.15, 0.2) is 0 Å². The first kappa shape index (κ1) is 14.9. The maximum absolute atomic E-state index is 11.0. The molecule has 0 atom stereocenters. The van der Waals surface area contributed by atoms with Gasteiger partial charge in [-0.15, -0.1) is 0 Å². The summed E-state index contributed by atoms with van der Waals surface area (Å²) in [6.45, 7) is 0. The maximum Gasteiger partial charge on any atom is 0.335 e. The zero-order valence-corrected chi connectivity index (χ0v) is 12.1. The van der Waals surface area contributed by atoms with E-state index >= 15 is 0 Å².